The SMILES string of the molecule is CCN(CC)S(=O)(=O)NC(=O)CNC(=O)C1CC1. The molecular formula is C10H19N3O4S. The summed E-state index contributed by atoms with van der Waals surface area (Å²) in [6.07, 6.45) is 1.68. The molecule has 104 valence electrons. The van der Waals surface area contributed by atoms with Crippen molar-refractivity contribution >= 4 is 22.0 Å². The number of nitrogens with one attached hydrogen (secondary N) is 2. The van der Waals surface area contributed by atoms with Crippen molar-refractivity contribution in [1.29, 1.82) is 0 Å². The number of carbonyl (C=O) groups is 2. The second kappa shape index (κ2) is 6.14. The quantitative estimate of drug-likeness (QED) is 0.638. The van der Waals surface area contributed by atoms with Crippen LogP contribution in [-0.4, -0.2) is 44.2 Å². The summed E-state index contributed by atoms with van der Waals surface area (Å²) in [6.45, 7) is 3.63. The predicted octanol–water partition coefficient (Wildman–Crippen LogP) is -0.785. The third-order valence-electron chi connectivity index (χ3n) is 2.66. The first-order valence-electron chi connectivity index (χ1n) is 5.99. The molecule has 18 heavy (non-hydrogen) atoms. The Balaban J connectivity index is 2.40. The maximum atomic E-state index is 11.7. The number of nitrogens with zero attached hydrogens (tertiary/aromatic N) is 1. The fourth-order valence-corrected chi connectivity index (χ4v) is 2.63. The van der Waals surface area contributed by atoms with E-state index in [1.807, 2.05) is 4.72 Å². The van der Waals surface area contributed by atoms with Crippen molar-refractivity contribution in [2.24, 2.45) is 5.92 Å². The van der Waals surface area contributed by atoms with E-state index in [1.54, 1.807) is 13.8 Å². The Morgan fingerprint density at radius 2 is 1.78 bits per heavy atom. The highest BCUT2D eigenvalue weighted by molar-refractivity contribution is 7.87. The lowest BCUT2D eigenvalue weighted by molar-refractivity contribution is -0.126. The van der Waals surface area contributed by atoms with Crippen molar-refractivity contribution in [3.05, 3.63) is 0 Å². The average Bonchev–Trinajstić information content (AvgIpc) is 3.10. The molecule has 0 atom stereocenters. The molecule has 0 aliphatic heterocycles. The standard InChI is InChI=1S/C10H19N3O4S/c1-3-13(4-2)18(16,17)12-9(14)7-11-10(15)8-5-6-8/h8H,3-7H2,1-2H3,(H,11,15)(H,12,14). The molecule has 0 radical (unpaired) electrons. The highest BCUT2D eigenvalue weighted by Gasteiger charge is 2.30. The first-order valence-corrected chi connectivity index (χ1v) is 7.43. The smallest absolute Gasteiger partial charge is 0.303 e. The van der Waals surface area contributed by atoms with E-state index in [0.717, 1.165) is 17.1 Å². The van der Waals surface area contributed by atoms with Crippen LogP contribution in [0.2, 0.25) is 0 Å². The summed E-state index contributed by atoms with van der Waals surface area (Å²) in [4.78, 5) is 22.7. The van der Waals surface area contributed by atoms with Crippen LogP contribution in [0.4, 0.5) is 0 Å². The number of carbonyl (C=O) groups excluding carboxylic acids is 2. The Kier molecular flexibility index (Phi) is 5.09. The van der Waals surface area contributed by atoms with Gasteiger partial charge in [0.05, 0.1) is 6.54 Å². The minimum atomic E-state index is -3.79. The van der Waals surface area contributed by atoms with Gasteiger partial charge in [0, 0.05) is 19.0 Å². The Hall–Kier alpha value is -1.15. The van der Waals surface area contributed by atoms with Gasteiger partial charge in [0.15, 0.2) is 0 Å². The van der Waals surface area contributed by atoms with Crippen LogP contribution in [-0.2, 0) is 19.8 Å². The molecule has 1 aliphatic carbocycles. The van der Waals surface area contributed by atoms with Gasteiger partial charge in [0.25, 0.3) is 5.91 Å². The summed E-state index contributed by atoms with van der Waals surface area (Å²) < 4.78 is 26.4. The van der Waals surface area contributed by atoms with E-state index in [9.17, 15) is 18.0 Å². The lowest BCUT2D eigenvalue weighted by atomic mass is 10.4. The maximum absolute atomic E-state index is 11.7. The van der Waals surface area contributed by atoms with E-state index in [-0.39, 0.29) is 31.5 Å². The first-order chi connectivity index (χ1) is 8.40. The van der Waals surface area contributed by atoms with E-state index in [1.165, 1.54) is 0 Å². The fraction of sp³-hybridized carbons (Fsp3) is 0.800. The molecule has 1 fully saturated rings. The van der Waals surface area contributed by atoms with Crippen LogP contribution < -0.4 is 10.0 Å². The lowest BCUT2D eigenvalue weighted by Crippen LogP contribution is -2.46. The second-order valence-corrected chi connectivity index (χ2v) is 5.78. The van der Waals surface area contributed by atoms with E-state index in [0.29, 0.717) is 0 Å². The Morgan fingerprint density at radius 3 is 2.22 bits per heavy atom. The van der Waals surface area contributed by atoms with Crippen LogP contribution in [0.5, 0.6) is 0 Å². The summed E-state index contributed by atoms with van der Waals surface area (Å²) in [5.41, 5.74) is 0. The van der Waals surface area contributed by atoms with Gasteiger partial charge in [-0.15, -0.1) is 0 Å². The molecule has 7 nitrogen and oxygen atoms in total. The third-order valence-corrected chi connectivity index (χ3v) is 4.34. The van der Waals surface area contributed by atoms with Crippen molar-refractivity contribution in [2.75, 3.05) is 19.6 Å². The van der Waals surface area contributed by atoms with Crippen LogP contribution in [0.15, 0.2) is 0 Å². The number of rotatable bonds is 7. The van der Waals surface area contributed by atoms with Crippen molar-refractivity contribution in [3.8, 4) is 0 Å². The molecule has 0 aromatic carbocycles. The molecule has 0 spiro atoms. The van der Waals surface area contributed by atoms with Crippen LogP contribution in [0.25, 0.3) is 0 Å². The van der Waals surface area contributed by atoms with Crippen LogP contribution in [0, 0.1) is 5.92 Å². The van der Waals surface area contributed by atoms with Gasteiger partial charge in [-0.05, 0) is 12.8 Å². The highest BCUT2D eigenvalue weighted by Crippen LogP contribution is 2.28. The van der Waals surface area contributed by atoms with Crippen LogP contribution in [0.1, 0.15) is 26.7 Å². The molecule has 2 amide bonds. The van der Waals surface area contributed by atoms with E-state index >= 15 is 0 Å². The molecular weight excluding hydrogens is 258 g/mol. The minimum absolute atomic E-state index is 0.00260. The number of amides is 2. The zero-order valence-electron chi connectivity index (χ0n) is 10.6. The third kappa shape index (κ3) is 4.26. The Labute approximate surface area is 107 Å². The predicted molar refractivity (Wildman–Crippen MR) is 65.7 cm³/mol. The molecule has 0 aromatic rings. The summed E-state index contributed by atoms with van der Waals surface area (Å²) in [5, 5.41) is 2.41. The summed E-state index contributed by atoms with van der Waals surface area (Å²) >= 11 is 0. The number of hydrogen-bond acceptors (Lipinski definition) is 4. The van der Waals surface area contributed by atoms with Gasteiger partial charge in [-0.2, -0.15) is 12.7 Å². The van der Waals surface area contributed by atoms with Gasteiger partial charge in [0.2, 0.25) is 5.91 Å². The minimum Gasteiger partial charge on any atom is -0.347 e. The Morgan fingerprint density at radius 1 is 1.22 bits per heavy atom. The highest BCUT2D eigenvalue weighted by atomic mass is 32.2. The molecule has 1 rings (SSSR count). The normalized spacial score (nSPS) is 15.5. The molecule has 0 bridgehead atoms. The largest absolute Gasteiger partial charge is 0.347 e. The molecule has 2 N–H and O–H groups in total. The van der Waals surface area contributed by atoms with Gasteiger partial charge in [-0.3, -0.25) is 9.59 Å². The van der Waals surface area contributed by atoms with Crippen LogP contribution in [0.3, 0.4) is 0 Å². The van der Waals surface area contributed by atoms with Gasteiger partial charge in [-0.1, -0.05) is 13.8 Å². The topological polar surface area (TPSA) is 95.6 Å². The molecule has 0 aromatic heterocycles. The molecule has 0 unspecified atom stereocenters. The zero-order valence-corrected chi connectivity index (χ0v) is 11.4. The number of hydrogen-bond donors (Lipinski definition) is 2. The monoisotopic (exact) mass is 277 g/mol. The fourth-order valence-electron chi connectivity index (χ4n) is 1.47. The van der Waals surface area contributed by atoms with Gasteiger partial charge < -0.3 is 5.32 Å². The van der Waals surface area contributed by atoms with Crippen LogP contribution >= 0.6 is 0 Å². The maximum Gasteiger partial charge on any atom is 0.303 e. The molecule has 0 heterocycles. The van der Waals surface area contributed by atoms with Crippen molar-refractivity contribution in [3.63, 3.8) is 0 Å². The van der Waals surface area contributed by atoms with Gasteiger partial charge >= 0.3 is 10.2 Å². The molecule has 1 aliphatic rings. The van der Waals surface area contributed by atoms with Crippen molar-refractivity contribution in [1.82, 2.24) is 14.3 Å². The lowest BCUT2D eigenvalue weighted by Gasteiger charge is -2.18. The van der Waals surface area contributed by atoms with E-state index in [4.69, 9.17) is 0 Å². The van der Waals surface area contributed by atoms with Crippen molar-refractivity contribution < 1.29 is 18.0 Å². The summed E-state index contributed by atoms with van der Waals surface area (Å²) in [5.74, 6) is -0.918. The molecule has 0 saturated heterocycles. The van der Waals surface area contributed by atoms with E-state index < -0.39 is 16.1 Å². The van der Waals surface area contributed by atoms with Gasteiger partial charge in [-0.25, -0.2) is 4.72 Å². The average molecular weight is 277 g/mol. The van der Waals surface area contributed by atoms with E-state index in [2.05, 4.69) is 5.32 Å². The molecule has 1 saturated carbocycles. The summed E-state index contributed by atoms with van der Waals surface area (Å²) in [6, 6.07) is 0. The zero-order chi connectivity index (χ0) is 13.8. The Bertz CT molecular complexity index is 413. The van der Waals surface area contributed by atoms with Gasteiger partial charge in [0.1, 0.15) is 0 Å². The summed E-state index contributed by atoms with van der Waals surface area (Å²) in [7, 11) is -3.79. The second-order valence-electron chi connectivity index (χ2n) is 4.11. The molecule has 8 heteroatoms. The first kappa shape index (κ1) is 14.9. The van der Waals surface area contributed by atoms with Crippen molar-refractivity contribution in [2.45, 2.75) is 26.7 Å².